The maximum Gasteiger partial charge on any atom is 0.248 e. The predicted molar refractivity (Wildman–Crippen MR) is 125 cm³/mol. The van der Waals surface area contributed by atoms with Crippen molar-refractivity contribution in [2.45, 2.75) is 38.5 Å². The molecule has 1 N–H and O–H groups in total. The average molecular weight is 470 g/mol. The van der Waals surface area contributed by atoms with Gasteiger partial charge in [0.15, 0.2) is 10.7 Å². The first-order chi connectivity index (χ1) is 15.8. The fraction of sp³-hybridized carbons (Fsp3) is 0.333. The lowest BCUT2D eigenvalue weighted by molar-refractivity contribution is -0.120. The Kier molecular flexibility index (Phi) is 6.53. The van der Waals surface area contributed by atoms with Gasteiger partial charge in [0.05, 0.1) is 6.26 Å². The van der Waals surface area contributed by atoms with Crippen molar-refractivity contribution >= 4 is 33.8 Å². The van der Waals surface area contributed by atoms with Crippen LogP contribution < -0.4 is 5.32 Å². The van der Waals surface area contributed by atoms with E-state index in [9.17, 15) is 13.2 Å². The van der Waals surface area contributed by atoms with Crippen LogP contribution in [0.4, 0.5) is 5.69 Å². The molecule has 8 nitrogen and oxygen atoms in total. The zero-order valence-electron chi connectivity index (χ0n) is 18.9. The van der Waals surface area contributed by atoms with Crippen molar-refractivity contribution < 1.29 is 22.2 Å². The molecule has 3 heterocycles. The number of sulfonamides is 1. The summed E-state index contributed by atoms with van der Waals surface area (Å²) in [5.74, 6) is 0.393. The number of aromatic nitrogens is 1. The maximum atomic E-state index is 13.4. The fourth-order valence-corrected chi connectivity index (χ4v) is 5.67. The number of hydrogen-bond acceptors (Lipinski definition) is 6. The molecule has 174 valence electrons. The van der Waals surface area contributed by atoms with Crippen LogP contribution in [0.15, 0.2) is 50.4 Å². The highest BCUT2D eigenvalue weighted by molar-refractivity contribution is 7.89. The summed E-state index contributed by atoms with van der Waals surface area (Å²) in [5.41, 5.74) is 3.23. The third-order valence-corrected chi connectivity index (χ3v) is 8.12. The van der Waals surface area contributed by atoms with Crippen LogP contribution in [0.25, 0.3) is 12.2 Å². The minimum absolute atomic E-state index is 0.0450. The number of hydrogen-bond donors (Lipinski definition) is 1. The summed E-state index contributed by atoms with van der Waals surface area (Å²) >= 11 is 0. The summed E-state index contributed by atoms with van der Waals surface area (Å²) in [7, 11) is -3.83. The van der Waals surface area contributed by atoms with Gasteiger partial charge in [0.2, 0.25) is 15.9 Å². The molecule has 1 saturated heterocycles. The van der Waals surface area contributed by atoms with Gasteiger partial charge >= 0.3 is 0 Å². The largest absolute Gasteiger partial charge is 0.465 e. The van der Waals surface area contributed by atoms with Crippen molar-refractivity contribution in [3.05, 3.63) is 64.9 Å². The zero-order valence-corrected chi connectivity index (χ0v) is 19.7. The van der Waals surface area contributed by atoms with E-state index in [1.807, 2.05) is 32.0 Å². The highest BCUT2D eigenvalue weighted by Crippen LogP contribution is 2.30. The Bertz CT molecular complexity index is 1270. The summed E-state index contributed by atoms with van der Waals surface area (Å²) in [6.07, 6.45) is 5.58. The molecule has 33 heavy (non-hydrogen) atoms. The molecule has 0 spiro atoms. The van der Waals surface area contributed by atoms with Crippen molar-refractivity contribution in [2.24, 2.45) is 5.92 Å². The number of aryl methyl sites for hydroxylation is 2. The molecular formula is C24H27N3O5S. The van der Waals surface area contributed by atoms with E-state index >= 15 is 0 Å². The maximum absolute atomic E-state index is 13.4. The van der Waals surface area contributed by atoms with Crippen molar-refractivity contribution in [2.75, 3.05) is 18.4 Å². The third kappa shape index (κ3) is 4.79. The minimum atomic E-state index is -3.83. The third-order valence-electron chi connectivity index (χ3n) is 6.06. The molecular weight excluding hydrogens is 442 g/mol. The smallest absolute Gasteiger partial charge is 0.248 e. The van der Waals surface area contributed by atoms with E-state index in [2.05, 4.69) is 10.5 Å². The molecule has 0 unspecified atom stereocenters. The molecule has 0 atom stereocenters. The van der Waals surface area contributed by atoms with Crippen LogP contribution in [0.2, 0.25) is 0 Å². The van der Waals surface area contributed by atoms with E-state index in [1.165, 1.54) is 16.6 Å². The molecule has 1 aliphatic rings. The quantitative estimate of drug-likeness (QED) is 0.574. The van der Waals surface area contributed by atoms with Crippen molar-refractivity contribution in [3.63, 3.8) is 0 Å². The van der Waals surface area contributed by atoms with Crippen LogP contribution in [0.3, 0.4) is 0 Å². The summed E-state index contributed by atoms with van der Waals surface area (Å²) in [6.45, 7) is 6.07. The van der Waals surface area contributed by atoms with E-state index in [4.69, 9.17) is 8.94 Å². The van der Waals surface area contributed by atoms with Crippen LogP contribution in [0.5, 0.6) is 0 Å². The first-order valence-corrected chi connectivity index (χ1v) is 12.3. The lowest BCUT2D eigenvalue weighted by atomic mass is 9.97. The van der Waals surface area contributed by atoms with Crippen LogP contribution in [0.1, 0.15) is 41.2 Å². The summed E-state index contributed by atoms with van der Waals surface area (Å²) in [5, 5.41) is 6.86. The van der Waals surface area contributed by atoms with E-state index in [0.717, 1.165) is 16.8 Å². The monoisotopic (exact) mass is 469 g/mol. The summed E-state index contributed by atoms with van der Waals surface area (Å²) in [6, 6.07) is 9.28. The lowest BCUT2D eigenvalue weighted by Crippen LogP contribution is -2.41. The Morgan fingerprint density at radius 1 is 1.12 bits per heavy atom. The van der Waals surface area contributed by atoms with Gasteiger partial charge in [-0.1, -0.05) is 17.3 Å². The van der Waals surface area contributed by atoms with Gasteiger partial charge in [-0.15, -0.1) is 0 Å². The summed E-state index contributed by atoms with van der Waals surface area (Å²) in [4.78, 5) is 12.8. The molecule has 0 bridgehead atoms. The molecule has 3 aromatic rings. The van der Waals surface area contributed by atoms with Gasteiger partial charge in [0, 0.05) is 24.7 Å². The highest BCUT2D eigenvalue weighted by atomic mass is 32.2. The SMILES string of the molecule is Cc1cccc(NC(=O)C2CCN(S(=O)(=O)c3c(C)noc3C=Cc3ccco3)CC2)c1C. The van der Waals surface area contributed by atoms with Gasteiger partial charge in [-0.3, -0.25) is 4.79 Å². The van der Waals surface area contributed by atoms with Gasteiger partial charge in [-0.05, 0) is 75.1 Å². The van der Waals surface area contributed by atoms with Crippen LogP contribution in [-0.2, 0) is 14.8 Å². The molecule has 0 saturated carbocycles. The highest BCUT2D eigenvalue weighted by Gasteiger charge is 2.36. The molecule has 2 aromatic heterocycles. The first-order valence-electron chi connectivity index (χ1n) is 10.8. The number of rotatable bonds is 6. The minimum Gasteiger partial charge on any atom is -0.465 e. The van der Waals surface area contributed by atoms with Crippen LogP contribution in [-0.4, -0.2) is 36.9 Å². The van der Waals surface area contributed by atoms with Gasteiger partial charge in [-0.25, -0.2) is 8.42 Å². The summed E-state index contributed by atoms with van der Waals surface area (Å²) < 4.78 is 38.7. The van der Waals surface area contributed by atoms with E-state index < -0.39 is 10.0 Å². The lowest BCUT2D eigenvalue weighted by Gasteiger charge is -2.30. The number of furan rings is 1. The number of anilines is 1. The van der Waals surface area contributed by atoms with E-state index in [0.29, 0.717) is 24.3 Å². The molecule has 1 aliphatic heterocycles. The average Bonchev–Trinajstić information content (AvgIpc) is 3.45. The number of carbonyl (C=O) groups excluding carboxylic acids is 1. The first kappa shape index (κ1) is 23.0. The Hall–Kier alpha value is -3.17. The van der Waals surface area contributed by atoms with Gasteiger partial charge in [0.1, 0.15) is 11.5 Å². The Morgan fingerprint density at radius 2 is 1.88 bits per heavy atom. The number of amides is 1. The second kappa shape index (κ2) is 9.36. The molecule has 0 aliphatic carbocycles. The second-order valence-electron chi connectivity index (χ2n) is 8.23. The van der Waals surface area contributed by atoms with Crippen molar-refractivity contribution in [3.8, 4) is 0 Å². The molecule has 0 radical (unpaired) electrons. The van der Waals surface area contributed by atoms with Gasteiger partial charge in [-0.2, -0.15) is 4.31 Å². The number of nitrogens with one attached hydrogen (secondary N) is 1. The van der Waals surface area contributed by atoms with Gasteiger partial charge in [0.25, 0.3) is 0 Å². The normalized spacial score (nSPS) is 15.8. The number of benzene rings is 1. The number of piperidine rings is 1. The Morgan fingerprint density at radius 3 is 2.58 bits per heavy atom. The van der Waals surface area contributed by atoms with Gasteiger partial charge < -0.3 is 14.3 Å². The van der Waals surface area contributed by atoms with Crippen molar-refractivity contribution in [1.82, 2.24) is 9.46 Å². The number of carbonyl (C=O) groups is 1. The molecule has 4 rings (SSSR count). The Balaban J connectivity index is 1.45. The predicted octanol–water partition coefficient (Wildman–Crippen LogP) is 4.40. The Labute approximate surface area is 193 Å². The molecule has 1 fully saturated rings. The topological polar surface area (TPSA) is 106 Å². The molecule has 1 aromatic carbocycles. The fourth-order valence-electron chi connectivity index (χ4n) is 3.95. The molecule has 9 heteroatoms. The number of nitrogens with zero attached hydrogens (tertiary/aromatic N) is 2. The van der Waals surface area contributed by atoms with Crippen LogP contribution in [0, 0.1) is 26.7 Å². The second-order valence-corrected chi connectivity index (χ2v) is 10.1. The zero-order chi connectivity index (χ0) is 23.6. The van der Waals surface area contributed by atoms with E-state index in [1.54, 1.807) is 25.1 Å². The van der Waals surface area contributed by atoms with E-state index in [-0.39, 0.29) is 35.6 Å². The van der Waals surface area contributed by atoms with Crippen molar-refractivity contribution in [1.29, 1.82) is 0 Å². The van der Waals surface area contributed by atoms with Crippen LogP contribution >= 0.6 is 0 Å². The standard InChI is InChI=1S/C24H27N3O5S/c1-16-6-4-8-21(17(16)2)25-24(28)19-11-13-27(14-12-19)33(29,30)23-18(3)26-32-22(23)10-9-20-7-5-15-31-20/h4-10,15,19H,11-14H2,1-3H3,(H,25,28). The molecule has 1 amide bonds.